The maximum atomic E-state index is 6.13. The highest BCUT2D eigenvalue weighted by atomic mass is 35.5. The van der Waals surface area contributed by atoms with Gasteiger partial charge in [0.15, 0.2) is 0 Å². The summed E-state index contributed by atoms with van der Waals surface area (Å²) in [5.74, 6) is 1.53. The highest BCUT2D eigenvalue weighted by molar-refractivity contribution is 6.32. The van der Waals surface area contributed by atoms with E-state index in [9.17, 15) is 0 Å². The molecule has 100 valence electrons. The van der Waals surface area contributed by atoms with Crippen molar-refractivity contribution < 1.29 is 4.74 Å². The molecule has 0 bridgehead atoms. The van der Waals surface area contributed by atoms with Crippen LogP contribution in [0.1, 0.15) is 38.2 Å². The lowest BCUT2D eigenvalue weighted by atomic mass is 9.86. The van der Waals surface area contributed by atoms with Crippen LogP contribution >= 0.6 is 11.6 Å². The van der Waals surface area contributed by atoms with E-state index in [4.69, 9.17) is 16.3 Å². The fourth-order valence-corrected chi connectivity index (χ4v) is 2.97. The first kappa shape index (κ1) is 13.7. The van der Waals surface area contributed by atoms with Gasteiger partial charge in [0.1, 0.15) is 5.75 Å². The van der Waals surface area contributed by atoms with E-state index in [0.717, 1.165) is 18.2 Å². The van der Waals surface area contributed by atoms with Crippen molar-refractivity contribution >= 4 is 11.6 Å². The summed E-state index contributed by atoms with van der Waals surface area (Å²) in [4.78, 5) is 0. The summed E-state index contributed by atoms with van der Waals surface area (Å²) in [6, 6.07) is 6.65. The summed E-state index contributed by atoms with van der Waals surface area (Å²) in [6.07, 6.45) is 5.38. The van der Waals surface area contributed by atoms with Crippen molar-refractivity contribution in [2.45, 2.75) is 45.2 Å². The quantitative estimate of drug-likeness (QED) is 0.890. The van der Waals surface area contributed by atoms with Gasteiger partial charge in [0.05, 0.1) is 12.1 Å². The smallest absolute Gasteiger partial charge is 0.137 e. The van der Waals surface area contributed by atoms with Crippen molar-refractivity contribution in [2.75, 3.05) is 7.11 Å². The molecular formula is C15H22ClNO. The minimum atomic E-state index is 0.652. The van der Waals surface area contributed by atoms with Crippen LogP contribution in [0.2, 0.25) is 5.02 Å². The van der Waals surface area contributed by atoms with Crippen LogP contribution < -0.4 is 10.1 Å². The molecule has 18 heavy (non-hydrogen) atoms. The van der Waals surface area contributed by atoms with Gasteiger partial charge in [-0.05, 0) is 36.5 Å². The highest BCUT2D eigenvalue weighted by Gasteiger charge is 2.20. The average molecular weight is 268 g/mol. The van der Waals surface area contributed by atoms with Crippen LogP contribution in [0.15, 0.2) is 18.2 Å². The number of hydrogen-bond acceptors (Lipinski definition) is 2. The first-order chi connectivity index (χ1) is 8.70. The molecule has 1 aromatic carbocycles. The van der Waals surface area contributed by atoms with Gasteiger partial charge in [-0.1, -0.05) is 37.4 Å². The van der Waals surface area contributed by atoms with Crippen LogP contribution in [-0.2, 0) is 6.54 Å². The maximum Gasteiger partial charge on any atom is 0.137 e. The molecule has 1 aromatic rings. The van der Waals surface area contributed by atoms with Gasteiger partial charge in [0, 0.05) is 12.6 Å². The van der Waals surface area contributed by atoms with Gasteiger partial charge in [-0.15, -0.1) is 0 Å². The molecule has 0 heterocycles. The Labute approximate surface area is 115 Å². The average Bonchev–Trinajstić information content (AvgIpc) is 2.38. The Morgan fingerprint density at radius 2 is 2.11 bits per heavy atom. The summed E-state index contributed by atoms with van der Waals surface area (Å²) >= 11 is 6.13. The normalized spacial score (nSPS) is 23.9. The highest BCUT2D eigenvalue weighted by Crippen LogP contribution is 2.26. The first-order valence-electron chi connectivity index (χ1n) is 6.76. The molecule has 1 saturated carbocycles. The van der Waals surface area contributed by atoms with E-state index in [2.05, 4.69) is 18.3 Å². The van der Waals surface area contributed by atoms with Gasteiger partial charge in [0.25, 0.3) is 0 Å². The van der Waals surface area contributed by atoms with Crippen molar-refractivity contribution in [3.05, 3.63) is 28.8 Å². The molecule has 1 N–H and O–H groups in total. The van der Waals surface area contributed by atoms with E-state index < -0.39 is 0 Å². The van der Waals surface area contributed by atoms with Crippen LogP contribution in [0.3, 0.4) is 0 Å². The molecule has 2 unspecified atom stereocenters. The largest absolute Gasteiger partial charge is 0.495 e. The lowest BCUT2D eigenvalue weighted by Crippen LogP contribution is -2.36. The number of methoxy groups -OCH3 is 1. The molecule has 3 heteroatoms. The van der Waals surface area contributed by atoms with Crippen molar-refractivity contribution in [1.82, 2.24) is 5.32 Å². The molecule has 2 atom stereocenters. The van der Waals surface area contributed by atoms with Gasteiger partial charge < -0.3 is 10.1 Å². The molecule has 0 amide bonds. The molecule has 1 aliphatic rings. The Kier molecular flexibility index (Phi) is 4.90. The zero-order valence-corrected chi connectivity index (χ0v) is 12.0. The second-order valence-corrected chi connectivity index (χ2v) is 5.63. The third-order valence-corrected chi connectivity index (χ3v) is 4.19. The summed E-state index contributed by atoms with van der Waals surface area (Å²) in [7, 11) is 1.64. The summed E-state index contributed by atoms with van der Waals surface area (Å²) in [5, 5.41) is 4.34. The molecule has 0 radical (unpaired) electrons. The minimum Gasteiger partial charge on any atom is -0.495 e. The zero-order chi connectivity index (χ0) is 13.0. The molecule has 0 aliphatic heterocycles. The first-order valence-corrected chi connectivity index (χ1v) is 7.14. The Morgan fingerprint density at radius 3 is 2.78 bits per heavy atom. The standard InChI is InChI=1S/C15H22ClNO/c1-11-5-3-4-6-14(11)17-10-12-7-8-15(18-2)13(16)9-12/h7-9,11,14,17H,3-6,10H2,1-2H3. The predicted molar refractivity (Wildman–Crippen MR) is 76.3 cm³/mol. The summed E-state index contributed by atoms with van der Waals surface area (Å²) < 4.78 is 5.16. The van der Waals surface area contributed by atoms with Gasteiger partial charge in [-0.3, -0.25) is 0 Å². The van der Waals surface area contributed by atoms with E-state index in [1.54, 1.807) is 7.11 Å². The van der Waals surface area contributed by atoms with Crippen LogP contribution in [0.25, 0.3) is 0 Å². The van der Waals surface area contributed by atoms with Gasteiger partial charge in [0.2, 0.25) is 0 Å². The van der Waals surface area contributed by atoms with Crippen molar-refractivity contribution in [2.24, 2.45) is 5.92 Å². The number of hydrogen-bond donors (Lipinski definition) is 1. The second-order valence-electron chi connectivity index (χ2n) is 5.22. The third-order valence-electron chi connectivity index (χ3n) is 3.90. The van der Waals surface area contributed by atoms with E-state index in [-0.39, 0.29) is 0 Å². The molecule has 1 aliphatic carbocycles. The number of benzene rings is 1. The Balaban J connectivity index is 1.91. The summed E-state index contributed by atoms with van der Waals surface area (Å²) in [5.41, 5.74) is 1.22. The number of halogens is 1. The van der Waals surface area contributed by atoms with Gasteiger partial charge >= 0.3 is 0 Å². The SMILES string of the molecule is COc1ccc(CNC2CCCCC2C)cc1Cl. The van der Waals surface area contributed by atoms with Gasteiger partial charge in [-0.2, -0.15) is 0 Å². The number of rotatable bonds is 4. The van der Waals surface area contributed by atoms with E-state index in [1.807, 2.05) is 12.1 Å². The lowest BCUT2D eigenvalue weighted by Gasteiger charge is -2.29. The maximum absolute atomic E-state index is 6.13. The molecule has 0 aromatic heterocycles. The van der Waals surface area contributed by atoms with Crippen LogP contribution in [0.4, 0.5) is 0 Å². The van der Waals surface area contributed by atoms with Crippen LogP contribution in [0.5, 0.6) is 5.75 Å². The molecular weight excluding hydrogens is 246 g/mol. The van der Waals surface area contributed by atoms with Crippen LogP contribution in [-0.4, -0.2) is 13.2 Å². The topological polar surface area (TPSA) is 21.3 Å². The van der Waals surface area contributed by atoms with Gasteiger partial charge in [-0.25, -0.2) is 0 Å². The molecule has 2 nitrogen and oxygen atoms in total. The molecule has 0 spiro atoms. The second kappa shape index (κ2) is 6.44. The Bertz CT molecular complexity index is 394. The van der Waals surface area contributed by atoms with E-state index in [1.165, 1.54) is 31.2 Å². The molecule has 2 rings (SSSR count). The molecule has 0 saturated heterocycles. The number of ether oxygens (including phenoxy) is 1. The monoisotopic (exact) mass is 267 g/mol. The van der Waals surface area contributed by atoms with E-state index in [0.29, 0.717) is 11.1 Å². The summed E-state index contributed by atoms with van der Waals surface area (Å²) in [6.45, 7) is 3.23. The van der Waals surface area contributed by atoms with Crippen molar-refractivity contribution in [3.63, 3.8) is 0 Å². The minimum absolute atomic E-state index is 0.652. The van der Waals surface area contributed by atoms with Crippen LogP contribution in [0, 0.1) is 5.92 Å². The fraction of sp³-hybridized carbons (Fsp3) is 0.600. The third kappa shape index (κ3) is 3.39. The fourth-order valence-electron chi connectivity index (χ4n) is 2.69. The van der Waals surface area contributed by atoms with E-state index >= 15 is 0 Å². The van der Waals surface area contributed by atoms with Crippen molar-refractivity contribution in [1.29, 1.82) is 0 Å². The zero-order valence-electron chi connectivity index (χ0n) is 11.2. The lowest BCUT2D eigenvalue weighted by molar-refractivity contribution is 0.279. The van der Waals surface area contributed by atoms with Crippen molar-refractivity contribution in [3.8, 4) is 5.75 Å². The Hall–Kier alpha value is -0.730. The molecule has 1 fully saturated rings. The predicted octanol–water partition coefficient (Wildman–Crippen LogP) is 4.02. The Morgan fingerprint density at radius 1 is 1.33 bits per heavy atom. The number of nitrogens with one attached hydrogen (secondary N) is 1.